The zero-order chi connectivity index (χ0) is 18.4. The third-order valence-corrected chi connectivity index (χ3v) is 5.58. The molecule has 0 aliphatic carbocycles. The van der Waals surface area contributed by atoms with Crippen LogP contribution in [0.3, 0.4) is 0 Å². The summed E-state index contributed by atoms with van der Waals surface area (Å²) in [5.74, 6) is 0. The van der Waals surface area contributed by atoms with Gasteiger partial charge in [-0.1, -0.05) is 23.7 Å². The van der Waals surface area contributed by atoms with Crippen LogP contribution >= 0.6 is 11.6 Å². The highest BCUT2D eigenvalue weighted by molar-refractivity contribution is 7.92. The van der Waals surface area contributed by atoms with Crippen molar-refractivity contribution in [3.05, 3.63) is 68.2 Å². The number of para-hydroxylation sites is 1. The topological polar surface area (TPSA) is 90.2 Å². The van der Waals surface area contributed by atoms with Gasteiger partial charge in [-0.2, -0.15) is 0 Å². The van der Waals surface area contributed by atoms with E-state index < -0.39 is 21.1 Å². The van der Waals surface area contributed by atoms with Crippen LogP contribution in [0.2, 0.25) is 5.02 Å². The lowest BCUT2D eigenvalue weighted by molar-refractivity contribution is 0.601. The van der Waals surface area contributed by atoms with Gasteiger partial charge in [-0.3, -0.25) is 14.3 Å². The smallest absolute Gasteiger partial charge is 0.305 e. The van der Waals surface area contributed by atoms with Gasteiger partial charge in [-0.15, -0.1) is 0 Å². The zero-order valence-corrected chi connectivity index (χ0v) is 14.9. The molecule has 0 aliphatic rings. The van der Waals surface area contributed by atoms with Crippen LogP contribution in [0.25, 0.3) is 11.0 Å². The second-order valence-corrected chi connectivity index (χ2v) is 7.55. The van der Waals surface area contributed by atoms with E-state index in [2.05, 4.69) is 4.72 Å². The maximum absolute atomic E-state index is 12.6. The van der Waals surface area contributed by atoms with Crippen molar-refractivity contribution in [1.29, 1.82) is 0 Å². The number of hydrogen-bond donors (Lipinski definition) is 1. The first-order chi connectivity index (χ1) is 11.7. The molecule has 3 aromatic rings. The number of fused-ring (bicyclic) bond motifs is 1. The Balaban J connectivity index is 2.18. The van der Waals surface area contributed by atoms with Crippen LogP contribution in [-0.4, -0.2) is 17.6 Å². The van der Waals surface area contributed by atoms with E-state index in [0.29, 0.717) is 11.0 Å². The monoisotopic (exact) mass is 379 g/mol. The van der Waals surface area contributed by atoms with E-state index in [0.717, 1.165) is 4.57 Å². The van der Waals surface area contributed by atoms with Gasteiger partial charge in [0.05, 0.1) is 26.6 Å². The fourth-order valence-corrected chi connectivity index (χ4v) is 3.81. The Labute approximate surface area is 148 Å². The number of sulfonamides is 1. The number of benzene rings is 2. The van der Waals surface area contributed by atoms with E-state index >= 15 is 0 Å². The minimum Gasteiger partial charge on any atom is -0.305 e. The maximum Gasteiger partial charge on any atom is 0.316 e. The average molecular weight is 380 g/mol. The molecule has 0 spiro atoms. The Morgan fingerprint density at radius 2 is 1.52 bits per heavy atom. The average Bonchev–Trinajstić information content (AvgIpc) is 2.59. The Morgan fingerprint density at radius 3 is 2.16 bits per heavy atom. The Bertz CT molecular complexity index is 1210. The number of rotatable bonds is 3. The third-order valence-electron chi connectivity index (χ3n) is 3.89. The number of halogens is 1. The molecule has 25 heavy (non-hydrogen) atoms. The summed E-state index contributed by atoms with van der Waals surface area (Å²) in [7, 11) is -1.04. The second-order valence-electron chi connectivity index (χ2n) is 5.46. The lowest BCUT2D eigenvalue weighted by Crippen LogP contribution is -2.39. The molecule has 1 heterocycles. The standard InChI is InChI=1S/C16H14ClN3O4S/c1-19-13-8-7-10(9-14(13)20(2)16(22)15(19)21)25(23,24)18-12-6-4-3-5-11(12)17/h3-9,18H,1-2H3. The molecular weight excluding hydrogens is 366 g/mol. The summed E-state index contributed by atoms with van der Waals surface area (Å²) in [5.41, 5.74) is -0.389. The largest absolute Gasteiger partial charge is 0.316 e. The molecule has 0 saturated carbocycles. The Morgan fingerprint density at radius 1 is 0.920 bits per heavy atom. The first-order valence-electron chi connectivity index (χ1n) is 7.19. The lowest BCUT2D eigenvalue weighted by Gasteiger charge is -2.12. The molecule has 9 heteroatoms. The summed E-state index contributed by atoms with van der Waals surface area (Å²) in [6.07, 6.45) is 0. The van der Waals surface area contributed by atoms with Gasteiger partial charge < -0.3 is 9.13 Å². The molecule has 0 unspecified atom stereocenters. The van der Waals surface area contributed by atoms with Gasteiger partial charge in [-0.25, -0.2) is 8.42 Å². The fraction of sp³-hybridized carbons (Fsp3) is 0.125. The van der Waals surface area contributed by atoms with E-state index in [4.69, 9.17) is 11.6 Å². The van der Waals surface area contributed by atoms with Crippen LogP contribution in [0.4, 0.5) is 5.69 Å². The summed E-state index contributed by atoms with van der Waals surface area (Å²) in [5, 5.41) is 0.265. The molecule has 0 atom stereocenters. The van der Waals surface area contributed by atoms with Crippen LogP contribution in [0.1, 0.15) is 0 Å². The molecule has 1 N–H and O–H groups in total. The van der Waals surface area contributed by atoms with Crippen molar-refractivity contribution in [2.75, 3.05) is 4.72 Å². The van der Waals surface area contributed by atoms with E-state index in [-0.39, 0.29) is 15.6 Å². The summed E-state index contributed by atoms with van der Waals surface area (Å²) in [4.78, 5) is 23.7. The van der Waals surface area contributed by atoms with Crippen molar-refractivity contribution < 1.29 is 8.42 Å². The third kappa shape index (κ3) is 2.94. The van der Waals surface area contributed by atoms with Crippen LogP contribution in [0.15, 0.2) is 56.9 Å². The van der Waals surface area contributed by atoms with Gasteiger partial charge in [0, 0.05) is 14.1 Å². The van der Waals surface area contributed by atoms with Crippen molar-refractivity contribution in [2.24, 2.45) is 14.1 Å². The van der Waals surface area contributed by atoms with Crippen molar-refractivity contribution in [3.63, 3.8) is 0 Å². The van der Waals surface area contributed by atoms with Crippen LogP contribution in [-0.2, 0) is 24.1 Å². The molecular formula is C16H14ClN3O4S. The molecule has 0 bridgehead atoms. The SMILES string of the molecule is Cn1c(=O)c(=O)n(C)c2cc(S(=O)(=O)Nc3ccccc3Cl)ccc21. The second kappa shape index (κ2) is 6.05. The molecule has 2 aromatic carbocycles. The maximum atomic E-state index is 12.6. The minimum atomic E-state index is -3.92. The number of aromatic nitrogens is 2. The van der Waals surface area contributed by atoms with Gasteiger partial charge in [0.2, 0.25) is 0 Å². The lowest BCUT2D eigenvalue weighted by atomic mass is 10.3. The highest BCUT2D eigenvalue weighted by atomic mass is 35.5. The normalized spacial score (nSPS) is 11.6. The van der Waals surface area contributed by atoms with Gasteiger partial charge in [-0.05, 0) is 30.3 Å². The van der Waals surface area contributed by atoms with Crippen molar-refractivity contribution in [1.82, 2.24) is 9.13 Å². The first kappa shape index (κ1) is 17.2. The molecule has 3 rings (SSSR count). The van der Waals surface area contributed by atoms with E-state index in [1.54, 1.807) is 24.3 Å². The minimum absolute atomic E-state index is 0.0476. The molecule has 130 valence electrons. The Kier molecular flexibility index (Phi) is 4.18. The van der Waals surface area contributed by atoms with Gasteiger partial charge in [0.25, 0.3) is 10.0 Å². The van der Waals surface area contributed by atoms with Gasteiger partial charge in [0.15, 0.2) is 0 Å². The molecule has 0 fully saturated rings. The summed E-state index contributed by atoms with van der Waals surface area (Å²) in [6.45, 7) is 0. The van der Waals surface area contributed by atoms with Gasteiger partial charge >= 0.3 is 11.1 Å². The van der Waals surface area contributed by atoms with Crippen LogP contribution in [0.5, 0.6) is 0 Å². The summed E-state index contributed by atoms with van der Waals surface area (Å²) >= 11 is 5.99. The molecule has 0 amide bonds. The van der Waals surface area contributed by atoms with E-state index in [1.807, 2.05) is 0 Å². The van der Waals surface area contributed by atoms with Crippen molar-refractivity contribution >= 4 is 38.3 Å². The molecule has 7 nitrogen and oxygen atoms in total. The fourth-order valence-electron chi connectivity index (χ4n) is 2.48. The van der Waals surface area contributed by atoms with E-state index in [9.17, 15) is 18.0 Å². The highest BCUT2D eigenvalue weighted by Gasteiger charge is 2.18. The number of nitrogens with zero attached hydrogens (tertiary/aromatic N) is 2. The van der Waals surface area contributed by atoms with Crippen molar-refractivity contribution in [2.45, 2.75) is 4.90 Å². The summed E-state index contributed by atoms with van der Waals surface area (Å²) in [6, 6.07) is 10.6. The van der Waals surface area contributed by atoms with Gasteiger partial charge in [0.1, 0.15) is 0 Å². The Hall–Kier alpha value is -2.58. The quantitative estimate of drug-likeness (QED) is 0.701. The van der Waals surface area contributed by atoms with E-state index in [1.165, 1.54) is 36.9 Å². The predicted octanol–water partition coefficient (Wildman–Crippen LogP) is 1.69. The first-order valence-corrected chi connectivity index (χ1v) is 9.05. The van der Waals surface area contributed by atoms with Crippen LogP contribution in [0, 0.1) is 0 Å². The highest BCUT2D eigenvalue weighted by Crippen LogP contribution is 2.25. The summed E-state index contributed by atoms with van der Waals surface area (Å²) < 4.78 is 30.0. The number of hydrogen-bond acceptors (Lipinski definition) is 4. The molecule has 0 radical (unpaired) electrons. The molecule has 1 aromatic heterocycles. The number of nitrogens with one attached hydrogen (secondary N) is 1. The van der Waals surface area contributed by atoms with Crippen LogP contribution < -0.4 is 15.8 Å². The number of anilines is 1. The number of aryl methyl sites for hydroxylation is 2. The van der Waals surface area contributed by atoms with Crippen molar-refractivity contribution in [3.8, 4) is 0 Å². The zero-order valence-electron chi connectivity index (χ0n) is 13.4. The molecule has 0 aliphatic heterocycles. The molecule has 0 saturated heterocycles. The predicted molar refractivity (Wildman–Crippen MR) is 96.7 cm³/mol.